The Balaban J connectivity index is 0.00000289. The van der Waals surface area contributed by atoms with Gasteiger partial charge in [0.25, 0.3) is 0 Å². The molecule has 9 nitrogen and oxygen atoms in total. The zero-order valence-electron chi connectivity index (χ0n) is 18.4. The Kier molecular flexibility index (Phi) is 7.12. The third kappa shape index (κ3) is 5.22. The van der Waals surface area contributed by atoms with Crippen molar-refractivity contribution >= 4 is 35.8 Å². The van der Waals surface area contributed by atoms with Crippen LogP contribution in [0.4, 0.5) is 0 Å². The summed E-state index contributed by atoms with van der Waals surface area (Å²) >= 11 is 6.16. The van der Waals surface area contributed by atoms with E-state index in [0.717, 1.165) is 17.7 Å². The van der Waals surface area contributed by atoms with E-state index in [4.69, 9.17) is 17.3 Å². The second-order valence-electron chi connectivity index (χ2n) is 9.71. The first-order chi connectivity index (χ1) is 14.6. The first-order valence-electron chi connectivity index (χ1n) is 10.5. The molecule has 2 aromatic rings. The number of halogens is 2. The molecule has 174 valence electrons. The van der Waals surface area contributed by atoms with E-state index in [9.17, 15) is 9.59 Å². The molecule has 2 amide bonds. The van der Waals surface area contributed by atoms with Gasteiger partial charge in [-0.25, -0.2) is 4.68 Å². The molecule has 1 saturated heterocycles. The van der Waals surface area contributed by atoms with Gasteiger partial charge in [0, 0.05) is 18.1 Å². The zero-order valence-corrected chi connectivity index (χ0v) is 19.9. The van der Waals surface area contributed by atoms with Crippen LogP contribution in [-0.2, 0) is 16.1 Å². The Bertz CT molecular complexity index is 977. The fraction of sp³-hybridized carbons (Fsp3) is 0.571. The number of nitrogens with zero attached hydrogens (tertiary/aromatic N) is 5. The number of fused-ring (bicyclic) bond motifs is 1. The van der Waals surface area contributed by atoms with Crippen molar-refractivity contribution in [2.45, 2.75) is 52.2 Å². The van der Waals surface area contributed by atoms with Crippen LogP contribution in [0, 0.1) is 17.3 Å². The van der Waals surface area contributed by atoms with Gasteiger partial charge in [0.2, 0.25) is 11.8 Å². The molecule has 1 aromatic carbocycles. The number of nitrogens with two attached hydrogens (primary N) is 1. The van der Waals surface area contributed by atoms with Crippen LogP contribution >= 0.6 is 24.0 Å². The van der Waals surface area contributed by atoms with E-state index in [2.05, 4.69) is 41.6 Å². The molecule has 4 atom stereocenters. The summed E-state index contributed by atoms with van der Waals surface area (Å²) in [5, 5.41) is 14.8. The van der Waals surface area contributed by atoms with Crippen molar-refractivity contribution in [3.63, 3.8) is 0 Å². The molecule has 0 bridgehead atoms. The summed E-state index contributed by atoms with van der Waals surface area (Å²) in [5.41, 5.74) is 7.65. The van der Waals surface area contributed by atoms with E-state index >= 15 is 0 Å². The molecule has 4 rings (SSSR count). The second kappa shape index (κ2) is 9.33. The summed E-state index contributed by atoms with van der Waals surface area (Å²) in [5.74, 6) is 0.303. The number of aromatic nitrogens is 4. The van der Waals surface area contributed by atoms with Gasteiger partial charge in [0.1, 0.15) is 12.4 Å². The van der Waals surface area contributed by atoms with Gasteiger partial charge in [-0.3, -0.25) is 9.59 Å². The predicted molar refractivity (Wildman–Crippen MR) is 122 cm³/mol. The minimum Gasteiger partial charge on any atom is -0.350 e. The highest BCUT2D eigenvalue weighted by Gasteiger charge is 2.57. The van der Waals surface area contributed by atoms with Crippen LogP contribution in [-0.4, -0.2) is 55.5 Å². The summed E-state index contributed by atoms with van der Waals surface area (Å²) in [7, 11) is 0. The highest BCUT2D eigenvalue weighted by molar-refractivity contribution is 6.30. The standard InChI is InChI=1S/C21H28ClN7O2.ClH/c1-21(2,3)8-16(23)20(31)28-10-13-7-15(13)18(28)19(30)24-9-12-6-14(22)4-5-17(12)29-11-25-26-27-29;/h4-6,11,13,15-16,18H,7-10,23H2,1-3H3,(H,24,30);1H/t13-,15-,16+,18-;/m0./s1. The Hall–Kier alpha value is -2.23. The Morgan fingerprint density at radius 3 is 2.75 bits per heavy atom. The van der Waals surface area contributed by atoms with Crippen LogP contribution in [0.5, 0.6) is 0 Å². The number of piperidine rings is 1. The van der Waals surface area contributed by atoms with Gasteiger partial charge in [-0.05, 0) is 64.3 Å². The molecule has 3 N–H and O–H groups in total. The van der Waals surface area contributed by atoms with Crippen molar-refractivity contribution in [2.75, 3.05) is 6.54 Å². The molecule has 0 radical (unpaired) electrons. The lowest BCUT2D eigenvalue weighted by atomic mass is 9.88. The number of tetrazole rings is 1. The number of rotatable bonds is 6. The molecule has 1 aliphatic heterocycles. The maximum absolute atomic E-state index is 13.1. The number of hydrogen-bond donors (Lipinski definition) is 2. The number of amides is 2. The Labute approximate surface area is 198 Å². The van der Waals surface area contributed by atoms with Gasteiger partial charge in [-0.1, -0.05) is 32.4 Å². The predicted octanol–water partition coefficient (Wildman–Crippen LogP) is 1.96. The minimum atomic E-state index is -0.604. The van der Waals surface area contributed by atoms with Crippen LogP contribution in [0.25, 0.3) is 5.69 Å². The molecular weight excluding hydrogens is 453 g/mol. The highest BCUT2D eigenvalue weighted by Crippen LogP contribution is 2.49. The Morgan fingerprint density at radius 2 is 2.09 bits per heavy atom. The zero-order chi connectivity index (χ0) is 22.3. The summed E-state index contributed by atoms with van der Waals surface area (Å²) in [6.45, 7) is 7.02. The lowest BCUT2D eigenvalue weighted by Crippen LogP contribution is -2.53. The van der Waals surface area contributed by atoms with Crippen LogP contribution in [0.2, 0.25) is 5.02 Å². The first kappa shape index (κ1) is 24.4. The molecule has 1 aliphatic carbocycles. The normalized spacial score (nSPS) is 22.7. The van der Waals surface area contributed by atoms with E-state index in [-0.39, 0.29) is 42.1 Å². The number of carbonyl (C=O) groups is 2. The van der Waals surface area contributed by atoms with Crippen molar-refractivity contribution in [1.29, 1.82) is 0 Å². The van der Waals surface area contributed by atoms with Crippen LogP contribution in [0.1, 0.15) is 39.2 Å². The molecule has 1 aromatic heterocycles. The van der Waals surface area contributed by atoms with E-state index in [1.165, 1.54) is 11.0 Å². The molecular formula is C21H29Cl2N7O2. The van der Waals surface area contributed by atoms with E-state index in [1.807, 2.05) is 0 Å². The molecule has 11 heteroatoms. The van der Waals surface area contributed by atoms with Crippen molar-refractivity contribution < 1.29 is 9.59 Å². The van der Waals surface area contributed by atoms with E-state index in [0.29, 0.717) is 23.9 Å². The minimum absolute atomic E-state index is 0. The number of likely N-dealkylation sites (tertiary alicyclic amines) is 1. The molecule has 0 spiro atoms. The fourth-order valence-corrected chi connectivity index (χ4v) is 4.66. The molecule has 2 heterocycles. The van der Waals surface area contributed by atoms with Gasteiger partial charge >= 0.3 is 0 Å². The lowest BCUT2D eigenvalue weighted by molar-refractivity contribution is -0.141. The van der Waals surface area contributed by atoms with Crippen molar-refractivity contribution in [3.05, 3.63) is 35.1 Å². The van der Waals surface area contributed by atoms with Gasteiger partial charge in [0.15, 0.2) is 0 Å². The number of benzene rings is 1. The van der Waals surface area contributed by atoms with Gasteiger partial charge in [0.05, 0.1) is 11.7 Å². The smallest absolute Gasteiger partial charge is 0.243 e. The molecule has 32 heavy (non-hydrogen) atoms. The molecule has 0 unspecified atom stereocenters. The third-order valence-corrected chi connectivity index (χ3v) is 6.18. The van der Waals surface area contributed by atoms with Crippen molar-refractivity contribution in [2.24, 2.45) is 23.0 Å². The van der Waals surface area contributed by atoms with Gasteiger partial charge in [-0.15, -0.1) is 17.5 Å². The lowest BCUT2D eigenvalue weighted by Gasteiger charge is -2.31. The third-order valence-electron chi connectivity index (χ3n) is 5.94. The maximum atomic E-state index is 13.1. The second-order valence-corrected chi connectivity index (χ2v) is 10.1. The fourth-order valence-electron chi connectivity index (χ4n) is 4.47. The largest absolute Gasteiger partial charge is 0.350 e. The van der Waals surface area contributed by atoms with Crippen molar-refractivity contribution in [1.82, 2.24) is 30.4 Å². The van der Waals surface area contributed by atoms with Crippen LogP contribution in [0.15, 0.2) is 24.5 Å². The quantitative estimate of drug-likeness (QED) is 0.650. The maximum Gasteiger partial charge on any atom is 0.243 e. The monoisotopic (exact) mass is 481 g/mol. The summed E-state index contributed by atoms with van der Waals surface area (Å²) < 4.78 is 1.52. The first-order valence-corrected chi connectivity index (χ1v) is 10.9. The highest BCUT2D eigenvalue weighted by atomic mass is 35.5. The molecule has 2 fully saturated rings. The van der Waals surface area contributed by atoms with E-state index in [1.54, 1.807) is 23.1 Å². The van der Waals surface area contributed by atoms with Crippen LogP contribution < -0.4 is 11.1 Å². The number of hydrogen-bond acceptors (Lipinski definition) is 6. The van der Waals surface area contributed by atoms with Crippen LogP contribution in [0.3, 0.4) is 0 Å². The number of nitrogens with one attached hydrogen (secondary N) is 1. The average molecular weight is 482 g/mol. The Morgan fingerprint density at radius 1 is 1.34 bits per heavy atom. The average Bonchev–Trinajstić information content (AvgIpc) is 3.10. The van der Waals surface area contributed by atoms with Gasteiger partial charge < -0.3 is 16.0 Å². The summed E-state index contributed by atoms with van der Waals surface area (Å²) in [6, 6.07) is 4.24. The van der Waals surface area contributed by atoms with Crippen molar-refractivity contribution in [3.8, 4) is 5.69 Å². The SMILES string of the molecule is CC(C)(C)C[C@@H](N)C(=O)N1C[C@@H]2C[C@@H]2[C@H]1C(=O)NCc1cc(Cl)ccc1-n1cnnn1.Cl. The summed E-state index contributed by atoms with van der Waals surface area (Å²) in [6.07, 6.45) is 3.03. The topological polar surface area (TPSA) is 119 Å². The van der Waals surface area contributed by atoms with Gasteiger partial charge in [-0.2, -0.15) is 0 Å². The number of carbonyl (C=O) groups excluding carboxylic acids is 2. The summed E-state index contributed by atoms with van der Waals surface area (Å²) in [4.78, 5) is 27.8. The molecule has 2 aliphatic rings. The van der Waals surface area contributed by atoms with E-state index < -0.39 is 12.1 Å². The molecule has 1 saturated carbocycles.